The summed E-state index contributed by atoms with van der Waals surface area (Å²) in [5, 5.41) is 9.92. The van der Waals surface area contributed by atoms with Crippen LogP contribution in [0.3, 0.4) is 0 Å². The minimum atomic E-state index is 0.206. The molecule has 2 heterocycles. The molecule has 1 fully saturated rings. The van der Waals surface area contributed by atoms with Gasteiger partial charge in [0.1, 0.15) is 11.5 Å². The smallest absolute Gasteiger partial charge is 0.126 e. The van der Waals surface area contributed by atoms with Gasteiger partial charge < -0.3 is 14.7 Å². The minimum absolute atomic E-state index is 0.206. The van der Waals surface area contributed by atoms with Crippen LogP contribution in [0.5, 0.6) is 11.5 Å². The number of hydrogen-bond donors (Lipinski definition) is 1. The van der Waals surface area contributed by atoms with Crippen LogP contribution in [0.15, 0.2) is 72.8 Å². The molecule has 0 radical (unpaired) electrons. The number of phenols is 1. The predicted octanol–water partition coefficient (Wildman–Crippen LogP) is 5.69. The summed E-state index contributed by atoms with van der Waals surface area (Å²) in [5.41, 5.74) is 5.06. The number of benzene rings is 3. The fraction of sp³-hybridized carbons (Fsp3) is 0.308. The summed E-state index contributed by atoms with van der Waals surface area (Å²) in [6, 6.07) is 25.3. The highest BCUT2D eigenvalue weighted by Gasteiger charge is 2.33. The molecule has 3 aromatic carbocycles. The molecular weight excluding hydrogens is 358 g/mol. The van der Waals surface area contributed by atoms with Gasteiger partial charge in [0, 0.05) is 42.2 Å². The summed E-state index contributed by atoms with van der Waals surface area (Å²) in [6.45, 7) is 2.93. The highest BCUT2D eigenvalue weighted by molar-refractivity contribution is 5.54. The van der Waals surface area contributed by atoms with E-state index in [1.54, 1.807) is 12.1 Å². The Bertz CT molecular complexity index is 962. The number of nitrogens with zero attached hydrogens (tertiary/aromatic N) is 1. The van der Waals surface area contributed by atoms with Gasteiger partial charge >= 0.3 is 0 Å². The Hall–Kier alpha value is -2.94. The fourth-order valence-corrected chi connectivity index (χ4v) is 4.84. The van der Waals surface area contributed by atoms with Crippen molar-refractivity contribution in [2.75, 3.05) is 24.6 Å². The van der Waals surface area contributed by atoms with Crippen LogP contribution in [-0.2, 0) is 0 Å². The number of ether oxygens (including phenoxy) is 1. The Morgan fingerprint density at radius 3 is 2.31 bits per heavy atom. The van der Waals surface area contributed by atoms with Crippen molar-refractivity contribution in [3.8, 4) is 11.5 Å². The monoisotopic (exact) mass is 385 g/mol. The number of hydrogen-bond acceptors (Lipinski definition) is 3. The molecule has 3 heteroatoms. The lowest BCUT2D eigenvalue weighted by atomic mass is 9.76. The molecule has 29 heavy (non-hydrogen) atoms. The van der Waals surface area contributed by atoms with Crippen LogP contribution in [0.1, 0.15) is 47.8 Å². The summed E-state index contributed by atoms with van der Waals surface area (Å²) in [6.07, 6.45) is 3.92. The van der Waals surface area contributed by atoms with E-state index in [0.29, 0.717) is 6.61 Å². The summed E-state index contributed by atoms with van der Waals surface area (Å²) in [5.74, 6) is 1.50. The van der Waals surface area contributed by atoms with E-state index in [9.17, 15) is 5.11 Å². The number of piperidine rings is 1. The number of anilines is 1. The fourth-order valence-electron chi connectivity index (χ4n) is 4.84. The first-order valence-corrected chi connectivity index (χ1v) is 10.7. The molecule has 0 amide bonds. The van der Waals surface area contributed by atoms with Gasteiger partial charge in [-0.2, -0.15) is 0 Å². The Morgan fingerprint density at radius 1 is 0.793 bits per heavy atom. The number of fused-ring (bicyclic) bond motifs is 1. The van der Waals surface area contributed by atoms with E-state index in [0.717, 1.165) is 24.4 Å². The molecule has 0 unspecified atom stereocenters. The lowest BCUT2D eigenvalue weighted by Crippen LogP contribution is -2.29. The summed E-state index contributed by atoms with van der Waals surface area (Å²) >= 11 is 0. The molecule has 5 rings (SSSR count). The van der Waals surface area contributed by atoms with E-state index in [-0.39, 0.29) is 17.6 Å². The molecule has 1 N–H and O–H groups in total. The third-order valence-electron chi connectivity index (χ3n) is 6.35. The van der Waals surface area contributed by atoms with Crippen molar-refractivity contribution in [1.82, 2.24) is 0 Å². The second-order valence-electron chi connectivity index (χ2n) is 8.17. The molecule has 3 aromatic rings. The van der Waals surface area contributed by atoms with Gasteiger partial charge in [0.05, 0.1) is 6.61 Å². The highest BCUT2D eigenvalue weighted by Crippen LogP contribution is 2.47. The maximum absolute atomic E-state index is 9.92. The average molecular weight is 386 g/mol. The van der Waals surface area contributed by atoms with E-state index in [1.165, 1.54) is 36.1 Å². The first-order valence-electron chi connectivity index (χ1n) is 10.7. The first-order chi connectivity index (χ1) is 14.3. The van der Waals surface area contributed by atoms with Crippen molar-refractivity contribution in [2.45, 2.75) is 31.1 Å². The van der Waals surface area contributed by atoms with Crippen LogP contribution >= 0.6 is 0 Å². The van der Waals surface area contributed by atoms with Crippen molar-refractivity contribution in [3.63, 3.8) is 0 Å². The summed E-state index contributed by atoms with van der Waals surface area (Å²) < 4.78 is 6.07. The second kappa shape index (κ2) is 7.82. The van der Waals surface area contributed by atoms with Gasteiger partial charge in [0.15, 0.2) is 0 Å². The molecule has 2 atom stereocenters. The first kappa shape index (κ1) is 18.1. The van der Waals surface area contributed by atoms with E-state index >= 15 is 0 Å². The van der Waals surface area contributed by atoms with Crippen LogP contribution in [0.4, 0.5) is 5.69 Å². The molecule has 2 aliphatic rings. The van der Waals surface area contributed by atoms with E-state index < -0.39 is 0 Å². The molecule has 0 aromatic heterocycles. The average Bonchev–Trinajstić information content (AvgIpc) is 2.79. The topological polar surface area (TPSA) is 32.7 Å². The molecule has 1 saturated heterocycles. The van der Waals surface area contributed by atoms with Crippen molar-refractivity contribution in [2.24, 2.45) is 0 Å². The van der Waals surface area contributed by atoms with Crippen LogP contribution in [-0.4, -0.2) is 24.8 Å². The third-order valence-corrected chi connectivity index (χ3v) is 6.35. The highest BCUT2D eigenvalue weighted by atomic mass is 16.5. The van der Waals surface area contributed by atoms with Crippen LogP contribution in [0.25, 0.3) is 0 Å². The maximum atomic E-state index is 9.92. The molecular formula is C26H27NO2. The van der Waals surface area contributed by atoms with Crippen LogP contribution < -0.4 is 9.64 Å². The zero-order valence-electron chi connectivity index (χ0n) is 16.6. The van der Waals surface area contributed by atoms with E-state index in [2.05, 4.69) is 59.5 Å². The van der Waals surface area contributed by atoms with Crippen molar-refractivity contribution in [3.05, 3.63) is 89.5 Å². The zero-order valence-corrected chi connectivity index (χ0v) is 16.6. The van der Waals surface area contributed by atoms with Gasteiger partial charge in [-0.15, -0.1) is 0 Å². The molecule has 3 nitrogen and oxygen atoms in total. The lowest BCUT2D eigenvalue weighted by molar-refractivity contribution is 0.248. The Morgan fingerprint density at radius 2 is 1.55 bits per heavy atom. The van der Waals surface area contributed by atoms with Gasteiger partial charge in [-0.05, 0) is 48.6 Å². The Labute approximate surface area is 172 Å². The molecule has 2 aliphatic heterocycles. The van der Waals surface area contributed by atoms with Crippen molar-refractivity contribution < 1.29 is 9.84 Å². The van der Waals surface area contributed by atoms with E-state index in [1.807, 2.05) is 6.07 Å². The minimum Gasteiger partial charge on any atom is -0.508 e. The second-order valence-corrected chi connectivity index (χ2v) is 8.17. The summed E-state index contributed by atoms with van der Waals surface area (Å²) in [7, 11) is 0. The normalized spacial score (nSPS) is 21.3. The standard InChI is InChI=1S/C26H27NO2/c28-22-13-14-23-25(17-22)29-18-24(19-7-3-1-4-8-19)26(23)20-9-11-21(12-10-20)27-15-5-2-6-16-27/h1,3-4,7-14,17,24,26,28H,2,5-6,15-16,18H2/t24-,26-/m1/s1. The van der Waals surface area contributed by atoms with Gasteiger partial charge in [-0.25, -0.2) is 0 Å². The van der Waals surface area contributed by atoms with E-state index in [4.69, 9.17) is 4.74 Å². The van der Waals surface area contributed by atoms with Gasteiger partial charge in [-0.3, -0.25) is 0 Å². The molecule has 0 bridgehead atoms. The third kappa shape index (κ3) is 3.57. The SMILES string of the molecule is Oc1ccc2c(c1)OC[C@H](c1ccccc1)[C@@H]2c1ccc(N2CCCCC2)cc1. The number of aromatic hydroxyl groups is 1. The Balaban J connectivity index is 1.53. The van der Waals surface area contributed by atoms with Crippen molar-refractivity contribution in [1.29, 1.82) is 0 Å². The van der Waals surface area contributed by atoms with Gasteiger partial charge in [0.2, 0.25) is 0 Å². The van der Waals surface area contributed by atoms with Crippen molar-refractivity contribution >= 4 is 5.69 Å². The molecule has 0 aliphatic carbocycles. The number of phenolic OH excluding ortho intramolecular Hbond substituents is 1. The van der Waals surface area contributed by atoms with Gasteiger partial charge in [-0.1, -0.05) is 48.5 Å². The zero-order chi connectivity index (χ0) is 19.6. The van der Waals surface area contributed by atoms with Gasteiger partial charge in [0.25, 0.3) is 0 Å². The quantitative estimate of drug-likeness (QED) is 0.629. The maximum Gasteiger partial charge on any atom is 0.126 e. The number of rotatable bonds is 3. The van der Waals surface area contributed by atoms with Crippen LogP contribution in [0.2, 0.25) is 0 Å². The molecule has 0 spiro atoms. The summed E-state index contributed by atoms with van der Waals surface area (Å²) in [4.78, 5) is 2.50. The molecule has 0 saturated carbocycles. The lowest BCUT2D eigenvalue weighted by Gasteiger charge is -2.35. The van der Waals surface area contributed by atoms with Crippen LogP contribution in [0, 0.1) is 0 Å². The largest absolute Gasteiger partial charge is 0.508 e. The molecule has 148 valence electrons. The predicted molar refractivity (Wildman–Crippen MR) is 117 cm³/mol. The Kier molecular flexibility index (Phi) is 4.89.